The Kier molecular flexibility index (Phi) is 5.89. The van der Waals surface area contributed by atoms with Crippen molar-refractivity contribution in [2.24, 2.45) is 0 Å². The number of allylic oxidation sites excluding steroid dienone is 5. The van der Waals surface area contributed by atoms with Crippen molar-refractivity contribution >= 4 is 11.5 Å². The van der Waals surface area contributed by atoms with Crippen LogP contribution in [0.15, 0.2) is 73.5 Å². The van der Waals surface area contributed by atoms with Gasteiger partial charge in [0.25, 0.3) is 5.91 Å². The van der Waals surface area contributed by atoms with E-state index in [4.69, 9.17) is 0 Å². The molecule has 0 atom stereocenters. The number of aromatic amines is 1. The second-order valence-corrected chi connectivity index (χ2v) is 6.96. The lowest BCUT2D eigenvalue weighted by molar-refractivity contribution is 0.0965. The lowest BCUT2D eigenvalue weighted by Gasteiger charge is -2.05. The summed E-state index contributed by atoms with van der Waals surface area (Å²) in [6.07, 6.45) is 16.4. The number of nitrogens with zero attached hydrogens (tertiary/aromatic N) is 4. The molecule has 0 saturated heterocycles. The molecule has 3 aromatic rings. The number of pyridine rings is 2. The Morgan fingerprint density at radius 3 is 2.77 bits per heavy atom. The SMILES string of the molecule is C\C=C/C=C(\C=C\NC(=O)c1cc(-c2ccc(C3CC3)nc2)ccn1)c1ncn[nH]1. The summed E-state index contributed by atoms with van der Waals surface area (Å²) in [5, 5.41) is 9.43. The van der Waals surface area contributed by atoms with Crippen LogP contribution in [-0.2, 0) is 0 Å². The summed E-state index contributed by atoms with van der Waals surface area (Å²) in [7, 11) is 0. The van der Waals surface area contributed by atoms with E-state index in [1.807, 2.05) is 43.5 Å². The highest BCUT2D eigenvalue weighted by Crippen LogP contribution is 2.39. The van der Waals surface area contributed by atoms with Crippen LogP contribution in [0.3, 0.4) is 0 Å². The molecule has 30 heavy (non-hydrogen) atoms. The second kappa shape index (κ2) is 9.09. The van der Waals surface area contributed by atoms with Crippen LogP contribution in [0.4, 0.5) is 0 Å². The molecule has 3 aromatic heterocycles. The molecular weight excluding hydrogens is 376 g/mol. The average molecular weight is 398 g/mol. The largest absolute Gasteiger partial charge is 0.327 e. The third kappa shape index (κ3) is 4.75. The Balaban J connectivity index is 1.45. The minimum absolute atomic E-state index is 0.293. The van der Waals surface area contributed by atoms with Crippen molar-refractivity contribution in [3.8, 4) is 11.1 Å². The number of aromatic nitrogens is 5. The molecule has 1 fully saturated rings. The van der Waals surface area contributed by atoms with Crippen molar-refractivity contribution in [2.75, 3.05) is 0 Å². The van der Waals surface area contributed by atoms with Gasteiger partial charge in [0.05, 0.1) is 0 Å². The van der Waals surface area contributed by atoms with Gasteiger partial charge < -0.3 is 5.32 Å². The van der Waals surface area contributed by atoms with Crippen molar-refractivity contribution in [2.45, 2.75) is 25.7 Å². The summed E-state index contributed by atoms with van der Waals surface area (Å²) in [5.74, 6) is 0.938. The Bertz CT molecular complexity index is 1090. The third-order valence-corrected chi connectivity index (χ3v) is 4.74. The lowest BCUT2D eigenvalue weighted by atomic mass is 10.1. The van der Waals surface area contributed by atoms with Gasteiger partial charge in [-0.15, -0.1) is 0 Å². The molecule has 1 aliphatic rings. The second-order valence-electron chi connectivity index (χ2n) is 6.96. The van der Waals surface area contributed by atoms with Gasteiger partial charge >= 0.3 is 0 Å². The standard InChI is InChI=1S/C23H22N6O/c1-2-3-4-17(22-27-15-28-29-22)9-12-25-23(30)21-13-18(10-11-24-21)19-7-8-20(26-14-19)16-5-6-16/h2-4,7-16H,5-6H2,1H3,(H,25,30)(H,27,28,29)/b3-2-,12-9+,17-4+. The zero-order valence-corrected chi connectivity index (χ0v) is 16.6. The van der Waals surface area contributed by atoms with Crippen LogP contribution in [0.2, 0.25) is 0 Å². The average Bonchev–Trinajstić information content (AvgIpc) is 3.50. The summed E-state index contributed by atoms with van der Waals surface area (Å²) >= 11 is 0. The number of H-pyrrole nitrogens is 1. The van der Waals surface area contributed by atoms with Gasteiger partial charge in [-0.25, -0.2) is 4.98 Å². The van der Waals surface area contributed by atoms with Crippen LogP contribution in [0, 0.1) is 0 Å². The Hall–Kier alpha value is -3.87. The van der Waals surface area contributed by atoms with Gasteiger partial charge in [0.2, 0.25) is 0 Å². The summed E-state index contributed by atoms with van der Waals surface area (Å²) in [6, 6.07) is 7.76. The first kappa shape index (κ1) is 19.4. The van der Waals surface area contributed by atoms with Crippen LogP contribution in [0.1, 0.15) is 47.7 Å². The Labute approximate surface area is 174 Å². The molecular formula is C23H22N6O. The minimum Gasteiger partial charge on any atom is -0.327 e. The van der Waals surface area contributed by atoms with E-state index < -0.39 is 0 Å². The highest BCUT2D eigenvalue weighted by Gasteiger charge is 2.24. The van der Waals surface area contributed by atoms with Crippen molar-refractivity contribution in [3.05, 3.63) is 90.7 Å². The van der Waals surface area contributed by atoms with E-state index in [1.165, 1.54) is 19.2 Å². The Morgan fingerprint density at radius 1 is 1.17 bits per heavy atom. The van der Waals surface area contributed by atoms with Crippen molar-refractivity contribution < 1.29 is 4.79 Å². The predicted molar refractivity (Wildman–Crippen MR) is 115 cm³/mol. The third-order valence-electron chi connectivity index (χ3n) is 4.74. The molecule has 0 radical (unpaired) electrons. The molecule has 0 spiro atoms. The van der Waals surface area contributed by atoms with Gasteiger partial charge in [-0.05, 0) is 49.6 Å². The molecule has 0 aromatic carbocycles. The fourth-order valence-corrected chi connectivity index (χ4v) is 2.97. The number of carbonyl (C=O) groups is 1. The summed E-state index contributed by atoms with van der Waals surface area (Å²) in [5.41, 5.74) is 4.14. The van der Waals surface area contributed by atoms with Crippen LogP contribution < -0.4 is 5.32 Å². The smallest absolute Gasteiger partial charge is 0.273 e. The lowest BCUT2D eigenvalue weighted by Crippen LogP contribution is -2.18. The van der Waals surface area contributed by atoms with Crippen LogP contribution in [0.25, 0.3) is 16.7 Å². The maximum Gasteiger partial charge on any atom is 0.273 e. The number of carbonyl (C=O) groups excluding carboxylic acids is 1. The molecule has 4 rings (SSSR count). The summed E-state index contributed by atoms with van der Waals surface area (Å²) in [6.45, 7) is 1.92. The molecule has 0 aliphatic heterocycles. The fourth-order valence-electron chi connectivity index (χ4n) is 2.97. The quantitative estimate of drug-likeness (QED) is 0.586. The number of nitrogens with one attached hydrogen (secondary N) is 2. The van der Waals surface area contributed by atoms with E-state index in [2.05, 4.69) is 36.5 Å². The maximum absolute atomic E-state index is 12.6. The highest BCUT2D eigenvalue weighted by atomic mass is 16.1. The molecule has 2 N–H and O–H groups in total. The molecule has 150 valence electrons. The molecule has 0 unspecified atom stereocenters. The molecule has 1 aliphatic carbocycles. The van der Waals surface area contributed by atoms with Crippen molar-refractivity contribution in [1.29, 1.82) is 0 Å². The van der Waals surface area contributed by atoms with E-state index in [0.29, 0.717) is 17.4 Å². The first-order valence-corrected chi connectivity index (χ1v) is 9.83. The van der Waals surface area contributed by atoms with Gasteiger partial charge in [0.15, 0.2) is 5.82 Å². The van der Waals surface area contributed by atoms with E-state index >= 15 is 0 Å². The van der Waals surface area contributed by atoms with Crippen LogP contribution in [-0.4, -0.2) is 31.1 Å². The first-order valence-electron chi connectivity index (χ1n) is 9.83. The van der Waals surface area contributed by atoms with Crippen LogP contribution >= 0.6 is 0 Å². The van der Waals surface area contributed by atoms with E-state index in [1.54, 1.807) is 24.5 Å². The maximum atomic E-state index is 12.6. The topological polar surface area (TPSA) is 96.5 Å². The number of hydrogen-bond acceptors (Lipinski definition) is 5. The van der Waals surface area contributed by atoms with Gasteiger partial charge in [-0.1, -0.05) is 24.3 Å². The number of rotatable bonds is 7. The van der Waals surface area contributed by atoms with E-state index in [0.717, 1.165) is 22.4 Å². The van der Waals surface area contributed by atoms with Gasteiger partial charge in [-0.2, -0.15) is 5.10 Å². The van der Waals surface area contributed by atoms with E-state index in [-0.39, 0.29) is 5.91 Å². The minimum atomic E-state index is -0.293. The zero-order valence-electron chi connectivity index (χ0n) is 16.6. The predicted octanol–water partition coefficient (Wildman–Crippen LogP) is 4.04. The van der Waals surface area contributed by atoms with Crippen LogP contribution in [0.5, 0.6) is 0 Å². The fraction of sp³-hybridized carbons (Fsp3) is 0.174. The highest BCUT2D eigenvalue weighted by molar-refractivity contribution is 5.94. The molecule has 0 bridgehead atoms. The first-order chi connectivity index (χ1) is 14.7. The summed E-state index contributed by atoms with van der Waals surface area (Å²) < 4.78 is 0. The molecule has 7 heteroatoms. The molecule has 1 saturated carbocycles. The zero-order chi connectivity index (χ0) is 20.8. The summed E-state index contributed by atoms with van der Waals surface area (Å²) in [4.78, 5) is 25.4. The molecule has 7 nitrogen and oxygen atoms in total. The van der Waals surface area contributed by atoms with Gasteiger partial charge in [0, 0.05) is 41.3 Å². The number of hydrogen-bond donors (Lipinski definition) is 2. The molecule has 3 heterocycles. The van der Waals surface area contributed by atoms with Crippen molar-refractivity contribution in [1.82, 2.24) is 30.5 Å². The van der Waals surface area contributed by atoms with Gasteiger partial charge in [-0.3, -0.25) is 19.9 Å². The van der Waals surface area contributed by atoms with E-state index in [9.17, 15) is 4.79 Å². The molecule has 1 amide bonds. The normalized spacial score (nSPS) is 14.5. The number of amides is 1. The Morgan fingerprint density at radius 2 is 2.07 bits per heavy atom. The van der Waals surface area contributed by atoms with Gasteiger partial charge in [0.1, 0.15) is 12.0 Å². The monoisotopic (exact) mass is 398 g/mol. The van der Waals surface area contributed by atoms with Crippen molar-refractivity contribution in [3.63, 3.8) is 0 Å².